The molecule has 2 aromatic heterocycles. The first-order valence-electron chi connectivity index (χ1n) is 7.82. The molecule has 22 heavy (non-hydrogen) atoms. The topological polar surface area (TPSA) is 60.9 Å². The lowest BCUT2D eigenvalue weighted by molar-refractivity contribution is 0.243. The first-order chi connectivity index (χ1) is 10.6. The normalized spacial score (nSPS) is 19.2. The van der Waals surface area contributed by atoms with Crippen LogP contribution in [0.15, 0.2) is 18.6 Å². The summed E-state index contributed by atoms with van der Waals surface area (Å²) in [5, 5.41) is 7.14. The minimum atomic E-state index is 0.365. The SMILES string of the molecule is Cc1[nH]ncc1CN1CCC[C@H]1c1cncc(CN(C)C)n1. The van der Waals surface area contributed by atoms with Crippen molar-refractivity contribution < 1.29 is 0 Å². The molecule has 0 aromatic carbocycles. The maximum Gasteiger partial charge on any atom is 0.0762 e. The van der Waals surface area contributed by atoms with Crippen molar-refractivity contribution in [2.75, 3.05) is 20.6 Å². The lowest BCUT2D eigenvalue weighted by atomic mass is 10.1. The molecule has 0 aliphatic carbocycles. The summed E-state index contributed by atoms with van der Waals surface area (Å²) in [4.78, 5) is 13.8. The van der Waals surface area contributed by atoms with Crippen LogP contribution in [0.5, 0.6) is 0 Å². The molecule has 6 nitrogen and oxygen atoms in total. The summed E-state index contributed by atoms with van der Waals surface area (Å²) < 4.78 is 0. The fraction of sp³-hybridized carbons (Fsp3) is 0.562. The van der Waals surface area contributed by atoms with Crippen molar-refractivity contribution in [3.05, 3.63) is 41.2 Å². The van der Waals surface area contributed by atoms with Crippen molar-refractivity contribution in [2.45, 2.75) is 38.9 Å². The van der Waals surface area contributed by atoms with E-state index in [9.17, 15) is 0 Å². The van der Waals surface area contributed by atoms with Gasteiger partial charge in [-0.1, -0.05) is 0 Å². The molecular weight excluding hydrogens is 276 g/mol. The van der Waals surface area contributed by atoms with Crippen LogP contribution in [0.25, 0.3) is 0 Å². The number of hydrogen-bond donors (Lipinski definition) is 1. The van der Waals surface area contributed by atoms with Crippen molar-refractivity contribution in [1.82, 2.24) is 30.0 Å². The van der Waals surface area contributed by atoms with E-state index in [4.69, 9.17) is 4.98 Å². The van der Waals surface area contributed by atoms with Crippen molar-refractivity contribution in [1.29, 1.82) is 0 Å². The fourth-order valence-corrected chi connectivity index (χ4v) is 3.09. The van der Waals surface area contributed by atoms with E-state index >= 15 is 0 Å². The Bertz CT molecular complexity index is 621. The third-order valence-electron chi connectivity index (χ3n) is 4.19. The van der Waals surface area contributed by atoms with Crippen molar-refractivity contribution in [2.24, 2.45) is 0 Å². The number of hydrogen-bond acceptors (Lipinski definition) is 5. The van der Waals surface area contributed by atoms with Gasteiger partial charge >= 0.3 is 0 Å². The summed E-state index contributed by atoms with van der Waals surface area (Å²) in [5.74, 6) is 0. The molecule has 1 N–H and O–H groups in total. The molecule has 1 aliphatic rings. The van der Waals surface area contributed by atoms with Gasteiger partial charge < -0.3 is 4.90 Å². The van der Waals surface area contributed by atoms with Crippen LogP contribution in [0.4, 0.5) is 0 Å². The van der Waals surface area contributed by atoms with E-state index in [-0.39, 0.29) is 0 Å². The van der Waals surface area contributed by atoms with E-state index < -0.39 is 0 Å². The molecule has 118 valence electrons. The van der Waals surface area contributed by atoms with E-state index in [1.165, 1.54) is 12.0 Å². The molecule has 0 bridgehead atoms. The first-order valence-corrected chi connectivity index (χ1v) is 7.82. The Morgan fingerprint density at radius 3 is 2.91 bits per heavy atom. The minimum absolute atomic E-state index is 0.365. The second kappa shape index (κ2) is 6.54. The van der Waals surface area contributed by atoms with Gasteiger partial charge in [0.15, 0.2) is 0 Å². The molecule has 2 aromatic rings. The Balaban J connectivity index is 1.76. The predicted molar refractivity (Wildman–Crippen MR) is 85.1 cm³/mol. The highest BCUT2D eigenvalue weighted by Crippen LogP contribution is 2.32. The highest BCUT2D eigenvalue weighted by atomic mass is 15.2. The lowest BCUT2D eigenvalue weighted by Gasteiger charge is -2.24. The van der Waals surface area contributed by atoms with E-state index in [2.05, 4.69) is 46.0 Å². The molecule has 3 heterocycles. The Kier molecular flexibility index (Phi) is 4.49. The largest absolute Gasteiger partial charge is 0.304 e. The number of likely N-dealkylation sites (tertiary alicyclic amines) is 1. The number of nitrogens with one attached hydrogen (secondary N) is 1. The summed E-state index contributed by atoms with van der Waals surface area (Å²) in [5.41, 5.74) is 4.55. The van der Waals surface area contributed by atoms with Crippen LogP contribution in [0, 0.1) is 6.92 Å². The maximum atomic E-state index is 4.83. The summed E-state index contributed by atoms with van der Waals surface area (Å²) in [6.45, 7) is 4.93. The number of aromatic amines is 1. The average molecular weight is 300 g/mol. The lowest BCUT2D eigenvalue weighted by Crippen LogP contribution is -2.24. The van der Waals surface area contributed by atoms with Crippen LogP contribution in [-0.2, 0) is 13.1 Å². The Morgan fingerprint density at radius 1 is 1.32 bits per heavy atom. The van der Waals surface area contributed by atoms with Gasteiger partial charge in [0, 0.05) is 36.7 Å². The van der Waals surface area contributed by atoms with E-state index in [0.29, 0.717) is 6.04 Å². The highest BCUT2D eigenvalue weighted by Gasteiger charge is 2.28. The molecular formula is C16H24N6. The van der Waals surface area contributed by atoms with Gasteiger partial charge in [0.05, 0.1) is 23.6 Å². The smallest absolute Gasteiger partial charge is 0.0762 e. The van der Waals surface area contributed by atoms with Gasteiger partial charge in [0.2, 0.25) is 0 Å². The Hall–Kier alpha value is -1.79. The highest BCUT2D eigenvalue weighted by molar-refractivity contribution is 5.16. The van der Waals surface area contributed by atoms with Gasteiger partial charge in [0.25, 0.3) is 0 Å². The standard InChI is InChI=1S/C16H24N6/c1-12-13(7-18-20-12)10-22-6-4-5-16(22)15-9-17-8-14(19-15)11-21(2)3/h7-9,16H,4-6,10-11H2,1-3H3,(H,18,20)/t16-/m0/s1. The first kappa shape index (κ1) is 15.1. The van der Waals surface area contributed by atoms with Gasteiger partial charge in [0.1, 0.15) is 0 Å². The number of nitrogens with zero attached hydrogens (tertiary/aromatic N) is 5. The van der Waals surface area contributed by atoms with Crippen LogP contribution in [0.1, 0.15) is 41.5 Å². The molecule has 0 spiro atoms. The van der Waals surface area contributed by atoms with E-state index in [1.807, 2.05) is 18.6 Å². The summed E-state index contributed by atoms with van der Waals surface area (Å²) in [6, 6.07) is 0.365. The molecule has 1 atom stereocenters. The van der Waals surface area contributed by atoms with Gasteiger partial charge in [-0.05, 0) is 40.4 Å². The Morgan fingerprint density at radius 2 is 2.18 bits per heavy atom. The molecule has 0 saturated carbocycles. The molecule has 0 radical (unpaired) electrons. The van der Waals surface area contributed by atoms with Crippen LogP contribution < -0.4 is 0 Å². The third kappa shape index (κ3) is 3.34. The van der Waals surface area contributed by atoms with Crippen molar-refractivity contribution >= 4 is 0 Å². The molecule has 0 unspecified atom stereocenters. The summed E-state index contributed by atoms with van der Waals surface area (Å²) in [7, 11) is 4.11. The van der Waals surface area contributed by atoms with Gasteiger partial charge in [-0.25, -0.2) is 0 Å². The second-order valence-electron chi connectivity index (χ2n) is 6.32. The zero-order chi connectivity index (χ0) is 15.5. The van der Waals surface area contributed by atoms with E-state index in [0.717, 1.165) is 43.1 Å². The Labute approximate surface area is 131 Å². The molecule has 1 aliphatic heterocycles. The van der Waals surface area contributed by atoms with Gasteiger partial charge in [-0.15, -0.1) is 0 Å². The van der Waals surface area contributed by atoms with Gasteiger partial charge in [-0.2, -0.15) is 5.10 Å². The van der Waals surface area contributed by atoms with Crippen LogP contribution >= 0.6 is 0 Å². The molecule has 0 amide bonds. The second-order valence-corrected chi connectivity index (χ2v) is 6.32. The maximum absolute atomic E-state index is 4.83. The minimum Gasteiger partial charge on any atom is -0.304 e. The zero-order valence-electron chi connectivity index (χ0n) is 13.6. The quantitative estimate of drug-likeness (QED) is 0.914. The van der Waals surface area contributed by atoms with Gasteiger partial charge in [-0.3, -0.25) is 20.0 Å². The van der Waals surface area contributed by atoms with Crippen molar-refractivity contribution in [3.63, 3.8) is 0 Å². The fourth-order valence-electron chi connectivity index (χ4n) is 3.09. The zero-order valence-corrected chi connectivity index (χ0v) is 13.6. The summed E-state index contributed by atoms with van der Waals surface area (Å²) in [6.07, 6.45) is 8.07. The van der Waals surface area contributed by atoms with Crippen LogP contribution in [0.3, 0.4) is 0 Å². The third-order valence-corrected chi connectivity index (χ3v) is 4.19. The van der Waals surface area contributed by atoms with Crippen LogP contribution in [0.2, 0.25) is 0 Å². The number of aromatic nitrogens is 4. The predicted octanol–water partition coefficient (Wildman–Crippen LogP) is 1.91. The molecule has 1 fully saturated rings. The van der Waals surface area contributed by atoms with Crippen molar-refractivity contribution in [3.8, 4) is 0 Å². The molecule has 3 rings (SSSR count). The summed E-state index contributed by atoms with van der Waals surface area (Å²) >= 11 is 0. The van der Waals surface area contributed by atoms with Crippen LogP contribution in [-0.4, -0.2) is 50.6 Å². The number of rotatable bonds is 5. The number of aryl methyl sites for hydroxylation is 1. The molecule has 6 heteroatoms. The monoisotopic (exact) mass is 300 g/mol. The average Bonchev–Trinajstić information content (AvgIpc) is 3.09. The van der Waals surface area contributed by atoms with E-state index in [1.54, 1.807) is 0 Å². The number of H-pyrrole nitrogens is 1. The molecule has 1 saturated heterocycles.